The van der Waals surface area contributed by atoms with E-state index in [1.807, 2.05) is 6.07 Å². The molecule has 0 atom stereocenters. The summed E-state index contributed by atoms with van der Waals surface area (Å²) in [5.74, 6) is -2.63. The van der Waals surface area contributed by atoms with E-state index in [0.29, 0.717) is 41.8 Å². The van der Waals surface area contributed by atoms with Crippen LogP contribution in [0.3, 0.4) is 0 Å². The van der Waals surface area contributed by atoms with E-state index in [1.54, 1.807) is 6.20 Å². The topological polar surface area (TPSA) is 123 Å². The number of methoxy groups -OCH3 is 2. The average molecular weight is 491 g/mol. The van der Waals surface area contributed by atoms with Crippen molar-refractivity contribution in [2.75, 3.05) is 56.9 Å². The Bertz CT molecular complexity index is 1210. The molecule has 0 aliphatic carbocycles. The number of aromatic amines is 1. The van der Waals surface area contributed by atoms with Gasteiger partial charge in [-0.2, -0.15) is 0 Å². The Labute approximate surface area is 200 Å². The van der Waals surface area contributed by atoms with Crippen LogP contribution in [0.25, 0.3) is 11.0 Å². The first kappa shape index (κ1) is 24.6. The van der Waals surface area contributed by atoms with Gasteiger partial charge in [-0.25, -0.2) is 18.6 Å². The highest BCUT2D eigenvalue weighted by atomic mass is 19.1. The molecular formula is C23H27F2N5O5. The Balaban J connectivity index is 1.79. The number of β-amino-alcohol motifs (C(OH)–C–C–N with tert-alkyl or cyclic N) is 1. The van der Waals surface area contributed by atoms with Gasteiger partial charge in [-0.3, -0.25) is 9.80 Å². The van der Waals surface area contributed by atoms with E-state index in [0.717, 1.165) is 16.7 Å². The predicted molar refractivity (Wildman–Crippen MR) is 125 cm³/mol. The quantitative estimate of drug-likeness (QED) is 0.320. The second-order valence-corrected chi connectivity index (χ2v) is 7.91. The Morgan fingerprint density at radius 2 is 1.80 bits per heavy atom. The van der Waals surface area contributed by atoms with Crippen LogP contribution in [0.15, 0.2) is 18.3 Å². The number of urea groups is 1. The van der Waals surface area contributed by atoms with Crippen LogP contribution in [-0.2, 0) is 13.0 Å². The van der Waals surface area contributed by atoms with Gasteiger partial charge in [0.25, 0.3) is 0 Å². The van der Waals surface area contributed by atoms with Gasteiger partial charge in [-0.15, -0.1) is 0 Å². The first-order valence-corrected chi connectivity index (χ1v) is 11.1. The first-order valence-electron chi connectivity index (χ1n) is 11.1. The van der Waals surface area contributed by atoms with Crippen molar-refractivity contribution in [3.05, 3.63) is 41.2 Å². The summed E-state index contributed by atoms with van der Waals surface area (Å²) in [6, 6.07) is 2.23. The van der Waals surface area contributed by atoms with E-state index in [4.69, 9.17) is 14.6 Å². The number of carbonyl (C=O) groups is 1. The van der Waals surface area contributed by atoms with Crippen LogP contribution in [0.5, 0.6) is 11.5 Å². The fraction of sp³-hybridized carbons (Fsp3) is 0.391. The normalized spacial score (nSPS) is 13.5. The molecule has 4 N–H and O–H groups in total. The highest BCUT2D eigenvalue weighted by molar-refractivity contribution is 6.11. The number of hydrogen-bond donors (Lipinski definition) is 4. The second kappa shape index (κ2) is 10.4. The SMILES string of the molecule is COc1cc(OC)c(F)c(N2Cc3cnc4[nH]c(CCNCCO)cc4c3N(CCO)C2=O)c1F. The number of benzene rings is 1. The first-order chi connectivity index (χ1) is 16.9. The van der Waals surface area contributed by atoms with Crippen molar-refractivity contribution in [3.63, 3.8) is 0 Å². The largest absolute Gasteiger partial charge is 0.493 e. The fourth-order valence-electron chi connectivity index (χ4n) is 4.22. The fourth-order valence-corrected chi connectivity index (χ4v) is 4.22. The lowest BCUT2D eigenvalue weighted by Crippen LogP contribution is -2.49. The van der Waals surface area contributed by atoms with E-state index < -0.39 is 23.4 Å². The summed E-state index contributed by atoms with van der Waals surface area (Å²) < 4.78 is 40.4. The van der Waals surface area contributed by atoms with E-state index >= 15 is 8.78 Å². The molecule has 3 aromatic rings. The van der Waals surface area contributed by atoms with Crippen LogP contribution in [0.1, 0.15) is 11.3 Å². The third-order valence-corrected chi connectivity index (χ3v) is 5.83. The van der Waals surface area contributed by atoms with Crippen LogP contribution in [0.4, 0.5) is 25.0 Å². The van der Waals surface area contributed by atoms with Crippen molar-refractivity contribution >= 4 is 28.4 Å². The lowest BCUT2D eigenvalue weighted by Gasteiger charge is -2.37. The number of halogens is 2. The zero-order valence-corrected chi connectivity index (χ0v) is 19.4. The van der Waals surface area contributed by atoms with E-state index in [1.165, 1.54) is 19.1 Å². The number of anilines is 2. The van der Waals surface area contributed by atoms with Crippen LogP contribution in [0.2, 0.25) is 0 Å². The lowest BCUT2D eigenvalue weighted by atomic mass is 10.1. The highest BCUT2D eigenvalue weighted by Gasteiger charge is 2.37. The minimum absolute atomic E-state index is 0.0385. The number of rotatable bonds is 10. The zero-order chi connectivity index (χ0) is 25.1. The molecule has 0 unspecified atom stereocenters. The molecule has 0 radical (unpaired) electrons. The minimum atomic E-state index is -1.04. The average Bonchev–Trinajstić information content (AvgIpc) is 3.27. The smallest absolute Gasteiger partial charge is 0.329 e. The molecule has 1 aliphatic heterocycles. The van der Waals surface area contributed by atoms with Gasteiger partial charge in [0.15, 0.2) is 23.1 Å². The molecule has 2 amide bonds. The van der Waals surface area contributed by atoms with Gasteiger partial charge in [0.1, 0.15) is 11.3 Å². The molecule has 3 heterocycles. The summed E-state index contributed by atoms with van der Waals surface area (Å²) in [4.78, 5) is 23.4. The zero-order valence-electron chi connectivity index (χ0n) is 19.4. The van der Waals surface area contributed by atoms with Crippen molar-refractivity contribution < 1.29 is 33.3 Å². The monoisotopic (exact) mass is 491 g/mol. The summed E-state index contributed by atoms with van der Waals surface area (Å²) in [5, 5.41) is 22.3. The van der Waals surface area contributed by atoms with Crippen LogP contribution < -0.4 is 24.6 Å². The molecular weight excluding hydrogens is 464 g/mol. The molecule has 0 spiro atoms. The van der Waals surface area contributed by atoms with Gasteiger partial charge >= 0.3 is 6.03 Å². The maximum Gasteiger partial charge on any atom is 0.329 e. The number of nitrogens with one attached hydrogen (secondary N) is 2. The van der Waals surface area contributed by atoms with E-state index in [9.17, 15) is 9.90 Å². The number of carbonyl (C=O) groups excluding carboxylic acids is 1. The maximum absolute atomic E-state index is 15.2. The molecule has 1 aliphatic rings. The van der Waals surface area contributed by atoms with Gasteiger partial charge in [0.2, 0.25) is 0 Å². The number of fused-ring (bicyclic) bond motifs is 3. The van der Waals surface area contributed by atoms with Crippen LogP contribution >= 0.6 is 0 Å². The molecule has 35 heavy (non-hydrogen) atoms. The van der Waals surface area contributed by atoms with Crippen molar-refractivity contribution in [1.29, 1.82) is 0 Å². The van der Waals surface area contributed by atoms with Gasteiger partial charge < -0.3 is 30.0 Å². The molecule has 2 aromatic heterocycles. The highest BCUT2D eigenvalue weighted by Crippen LogP contribution is 2.42. The number of ether oxygens (including phenoxy) is 2. The number of nitrogens with zero attached hydrogens (tertiary/aromatic N) is 3. The Hall–Kier alpha value is -3.48. The standard InChI is InChI=1S/C23H27F2N5O5/c1-34-16-10-17(35-2)19(25)21(18(16)24)30-12-13-11-27-22-15(20(13)29(6-8-32)23(30)33)9-14(28-22)3-4-26-5-7-31/h9-11,26,31-32H,3-8,12H2,1-2H3,(H,27,28). The summed E-state index contributed by atoms with van der Waals surface area (Å²) >= 11 is 0. The summed E-state index contributed by atoms with van der Waals surface area (Å²) in [5.41, 5.74) is 1.87. The molecule has 10 nitrogen and oxygen atoms in total. The number of aliphatic hydroxyl groups is 2. The Morgan fingerprint density at radius 1 is 1.09 bits per heavy atom. The number of amides is 2. The predicted octanol–water partition coefficient (Wildman–Crippen LogP) is 1.92. The van der Waals surface area contributed by atoms with Crippen molar-refractivity contribution in [3.8, 4) is 11.5 Å². The van der Waals surface area contributed by atoms with Crippen molar-refractivity contribution in [1.82, 2.24) is 15.3 Å². The molecule has 0 saturated heterocycles. The number of hydrogen-bond acceptors (Lipinski definition) is 7. The minimum Gasteiger partial charge on any atom is -0.493 e. The Morgan fingerprint density at radius 3 is 2.43 bits per heavy atom. The second-order valence-electron chi connectivity index (χ2n) is 7.91. The van der Waals surface area contributed by atoms with Gasteiger partial charge in [0, 0.05) is 48.4 Å². The van der Waals surface area contributed by atoms with Crippen molar-refractivity contribution in [2.45, 2.75) is 13.0 Å². The molecule has 0 fully saturated rings. The molecule has 0 bridgehead atoms. The lowest BCUT2D eigenvalue weighted by molar-refractivity contribution is 0.244. The third kappa shape index (κ3) is 4.47. The number of aliphatic hydroxyl groups excluding tert-OH is 2. The third-order valence-electron chi connectivity index (χ3n) is 5.83. The van der Waals surface area contributed by atoms with Gasteiger partial charge in [0.05, 0.1) is 46.2 Å². The summed E-state index contributed by atoms with van der Waals surface area (Å²) in [6.07, 6.45) is 2.17. The molecule has 0 saturated carbocycles. The van der Waals surface area contributed by atoms with Crippen molar-refractivity contribution in [2.24, 2.45) is 0 Å². The Kier molecular flexibility index (Phi) is 7.34. The maximum atomic E-state index is 15.2. The summed E-state index contributed by atoms with van der Waals surface area (Å²) in [6.45, 7) is 0.532. The van der Waals surface area contributed by atoms with Gasteiger partial charge in [-0.05, 0) is 6.07 Å². The number of aromatic nitrogens is 2. The molecule has 12 heteroatoms. The number of H-pyrrole nitrogens is 1. The van der Waals surface area contributed by atoms with E-state index in [2.05, 4.69) is 15.3 Å². The summed E-state index contributed by atoms with van der Waals surface area (Å²) in [7, 11) is 2.46. The van der Waals surface area contributed by atoms with Crippen LogP contribution in [0, 0.1) is 11.6 Å². The molecule has 188 valence electrons. The molecule has 1 aromatic carbocycles. The van der Waals surface area contributed by atoms with Gasteiger partial charge in [-0.1, -0.05) is 0 Å². The molecule has 4 rings (SSSR count). The van der Waals surface area contributed by atoms with Crippen LogP contribution in [-0.4, -0.2) is 73.3 Å². The van der Waals surface area contributed by atoms with E-state index in [-0.39, 0.29) is 37.8 Å². The number of pyridine rings is 1.